The highest BCUT2D eigenvalue weighted by Crippen LogP contribution is 2.32. The number of imidazole rings is 1. The second-order valence-corrected chi connectivity index (χ2v) is 9.39. The summed E-state index contributed by atoms with van der Waals surface area (Å²) in [5, 5.41) is 7.12. The normalized spacial score (nSPS) is 16.1. The summed E-state index contributed by atoms with van der Waals surface area (Å²) >= 11 is 0. The number of H-pyrrole nitrogens is 1. The van der Waals surface area contributed by atoms with E-state index in [1.54, 1.807) is 0 Å². The highest BCUT2D eigenvalue weighted by molar-refractivity contribution is 5.80. The van der Waals surface area contributed by atoms with Gasteiger partial charge in [-0.3, -0.25) is 4.90 Å². The minimum atomic E-state index is -5.08. The lowest BCUT2D eigenvalue weighted by Gasteiger charge is -2.23. The van der Waals surface area contributed by atoms with Crippen molar-refractivity contribution < 1.29 is 36.2 Å². The third-order valence-corrected chi connectivity index (χ3v) is 6.65. The summed E-state index contributed by atoms with van der Waals surface area (Å²) in [4.78, 5) is 18.8. The number of rotatable bonds is 5. The Kier molecular flexibility index (Phi) is 8.50. The standard InChI is InChI=1S/C26H25F3N4.C2HF3O2/c27-26(28,29)21-11-12-23-24(14-21)32-25(31-23)20-9-7-19(8-10-20)18-5-3-17(4-6-18)16-33-13-1-2-22(33)15-30;3-2(4,5)1(6)7/h3-12,14,22H,1-2,13,15-16,30H2,(H,31,32);(H,6,7). The number of halogens is 6. The van der Waals surface area contributed by atoms with Gasteiger partial charge < -0.3 is 15.8 Å². The van der Waals surface area contributed by atoms with Crippen LogP contribution in [-0.4, -0.2) is 51.3 Å². The van der Waals surface area contributed by atoms with Crippen molar-refractivity contribution in [1.29, 1.82) is 0 Å². The predicted molar refractivity (Wildman–Crippen MR) is 138 cm³/mol. The van der Waals surface area contributed by atoms with Gasteiger partial charge in [-0.25, -0.2) is 9.78 Å². The average Bonchev–Trinajstić information content (AvgIpc) is 3.54. The number of fused-ring (bicyclic) bond motifs is 1. The molecule has 12 heteroatoms. The van der Waals surface area contributed by atoms with Crippen LogP contribution in [0, 0.1) is 0 Å². The summed E-state index contributed by atoms with van der Waals surface area (Å²) in [6, 6.07) is 20.5. The second-order valence-electron chi connectivity index (χ2n) is 9.39. The summed E-state index contributed by atoms with van der Waals surface area (Å²) in [7, 11) is 0. The number of nitrogens with zero attached hydrogens (tertiary/aromatic N) is 2. The molecule has 1 fully saturated rings. The van der Waals surface area contributed by atoms with E-state index in [1.807, 2.05) is 24.3 Å². The molecule has 6 nitrogen and oxygen atoms in total. The van der Waals surface area contributed by atoms with E-state index in [4.69, 9.17) is 15.6 Å². The van der Waals surface area contributed by atoms with Crippen LogP contribution in [0.1, 0.15) is 24.0 Å². The molecule has 0 amide bonds. The van der Waals surface area contributed by atoms with E-state index in [9.17, 15) is 26.3 Å². The van der Waals surface area contributed by atoms with Crippen LogP contribution in [0.2, 0.25) is 0 Å². The van der Waals surface area contributed by atoms with Crippen molar-refractivity contribution in [2.75, 3.05) is 13.1 Å². The lowest BCUT2D eigenvalue weighted by atomic mass is 10.0. The van der Waals surface area contributed by atoms with Crippen molar-refractivity contribution in [1.82, 2.24) is 14.9 Å². The molecule has 5 rings (SSSR count). The zero-order chi connectivity index (χ0) is 29.1. The minimum Gasteiger partial charge on any atom is -0.475 e. The first-order valence-electron chi connectivity index (χ1n) is 12.4. The number of hydrogen-bond acceptors (Lipinski definition) is 4. The summed E-state index contributed by atoms with van der Waals surface area (Å²) in [6.45, 7) is 2.73. The van der Waals surface area contributed by atoms with Gasteiger partial charge in [0.05, 0.1) is 16.6 Å². The molecule has 3 aromatic carbocycles. The number of likely N-dealkylation sites (tertiary alicyclic amines) is 1. The van der Waals surface area contributed by atoms with E-state index in [0.717, 1.165) is 41.9 Å². The maximum absolute atomic E-state index is 13.0. The Labute approximate surface area is 225 Å². The van der Waals surface area contributed by atoms with Crippen LogP contribution in [0.5, 0.6) is 0 Å². The second kappa shape index (κ2) is 11.7. The van der Waals surface area contributed by atoms with E-state index < -0.39 is 23.9 Å². The molecule has 1 aliphatic heterocycles. The van der Waals surface area contributed by atoms with Crippen molar-refractivity contribution in [3.63, 3.8) is 0 Å². The average molecular weight is 565 g/mol. The molecule has 40 heavy (non-hydrogen) atoms. The zero-order valence-corrected chi connectivity index (χ0v) is 21.1. The molecular formula is C28H26F6N4O2. The predicted octanol–water partition coefficient (Wildman–Crippen LogP) is 6.47. The number of nitrogens with one attached hydrogen (secondary N) is 1. The van der Waals surface area contributed by atoms with Crippen LogP contribution >= 0.6 is 0 Å². The van der Waals surface area contributed by atoms with Crippen LogP contribution in [0.25, 0.3) is 33.5 Å². The van der Waals surface area contributed by atoms with Crippen LogP contribution in [0.3, 0.4) is 0 Å². The maximum atomic E-state index is 13.0. The van der Waals surface area contributed by atoms with Gasteiger partial charge in [-0.15, -0.1) is 0 Å². The number of carboxylic acids is 1. The van der Waals surface area contributed by atoms with Gasteiger partial charge in [0.25, 0.3) is 0 Å². The van der Waals surface area contributed by atoms with Crippen molar-refractivity contribution in [2.24, 2.45) is 5.73 Å². The number of aromatic amines is 1. The minimum absolute atomic E-state index is 0.370. The molecule has 212 valence electrons. The molecule has 0 radical (unpaired) electrons. The van der Waals surface area contributed by atoms with E-state index >= 15 is 0 Å². The molecule has 4 N–H and O–H groups in total. The van der Waals surface area contributed by atoms with Gasteiger partial charge in [0.2, 0.25) is 0 Å². The molecule has 2 heterocycles. The van der Waals surface area contributed by atoms with E-state index in [-0.39, 0.29) is 0 Å². The number of alkyl halides is 6. The van der Waals surface area contributed by atoms with Gasteiger partial charge >= 0.3 is 18.3 Å². The number of nitrogens with two attached hydrogens (primary N) is 1. The number of aliphatic carboxylic acids is 1. The molecule has 4 aromatic rings. The molecule has 0 aliphatic carbocycles. The van der Waals surface area contributed by atoms with Gasteiger partial charge in [-0.2, -0.15) is 26.3 Å². The Bertz CT molecular complexity index is 1450. The lowest BCUT2D eigenvalue weighted by Crippen LogP contribution is -2.34. The van der Waals surface area contributed by atoms with Gasteiger partial charge in [-0.05, 0) is 54.3 Å². The van der Waals surface area contributed by atoms with Crippen molar-refractivity contribution >= 4 is 17.0 Å². The fourth-order valence-corrected chi connectivity index (χ4v) is 4.55. The van der Waals surface area contributed by atoms with Crippen molar-refractivity contribution in [2.45, 2.75) is 37.8 Å². The fourth-order valence-electron chi connectivity index (χ4n) is 4.55. The number of carboxylic acid groups (broad SMARTS) is 1. The lowest BCUT2D eigenvalue weighted by molar-refractivity contribution is -0.192. The first-order valence-corrected chi connectivity index (χ1v) is 12.4. The van der Waals surface area contributed by atoms with E-state index in [2.05, 4.69) is 39.1 Å². The quantitative estimate of drug-likeness (QED) is 0.242. The van der Waals surface area contributed by atoms with Crippen LogP contribution < -0.4 is 5.73 Å². The third kappa shape index (κ3) is 6.99. The molecule has 0 bridgehead atoms. The van der Waals surface area contributed by atoms with Crippen molar-refractivity contribution in [3.8, 4) is 22.5 Å². The smallest absolute Gasteiger partial charge is 0.475 e. The molecule has 1 saturated heterocycles. The number of benzene rings is 3. The monoisotopic (exact) mass is 564 g/mol. The fraction of sp³-hybridized carbons (Fsp3) is 0.286. The topological polar surface area (TPSA) is 95.2 Å². The molecule has 1 unspecified atom stereocenters. The number of hydrogen-bond donors (Lipinski definition) is 3. The highest BCUT2D eigenvalue weighted by atomic mass is 19.4. The summed E-state index contributed by atoms with van der Waals surface area (Å²) in [5.41, 5.74) is 10.4. The van der Waals surface area contributed by atoms with Crippen LogP contribution in [-0.2, 0) is 17.5 Å². The number of carbonyl (C=O) groups is 1. The van der Waals surface area contributed by atoms with Gasteiger partial charge in [0.15, 0.2) is 0 Å². The molecular weight excluding hydrogens is 538 g/mol. The summed E-state index contributed by atoms with van der Waals surface area (Å²) < 4.78 is 70.6. The Morgan fingerprint density at radius 2 is 1.52 bits per heavy atom. The molecule has 0 saturated carbocycles. The Morgan fingerprint density at radius 1 is 0.950 bits per heavy atom. The molecule has 1 aromatic heterocycles. The van der Waals surface area contributed by atoms with Gasteiger partial charge in [-0.1, -0.05) is 48.5 Å². The largest absolute Gasteiger partial charge is 0.490 e. The molecule has 0 spiro atoms. The first-order chi connectivity index (χ1) is 18.8. The molecule has 1 atom stereocenters. The highest BCUT2D eigenvalue weighted by Gasteiger charge is 2.38. The van der Waals surface area contributed by atoms with Crippen molar-refractivity contribution in [3.05, 3.63) is 77.9 Å². The Hall–Kier alpha value is -3.90. The van der Waals surface area contributed by atoms with E-state index in [0.29, 0.717) is 29.4 Å². The van der Waals surface area contributed by atoms with Gasteiger partial charge in [0.1, 0.15) is 5.82 Å². The molecule has 1 aliphatic rings. The SMILES string of the molecule is NCC1CCCN1Cc1ccc(-c2ccc(-c3nc4ccc(C(F)(F)F)cc4[nH]3)cc2)cc1.O=C(O)C(F)(F)F. The zero-order valence-electron chi connectivity index (χ0n) is 21.1. The van der Waals surface area contributed by atoms with E-state index in [1.165, 1.54) is 24.5 Å². The summed E-state index contributed by atoms with van der Waals surface area (Å²) in [5.74, 6) is -2.21. The Morgan fingerprint density at radius 3 is 2.08 bits per heavy atom. The first kappa shape index (κ1) is 29.1. The number of aromatic nitrogens is 2. The van der Waals surface area contributed by atoms with Gasteiger partial charge in [0, 0.05) is 24.7 Å². The van der Waals surface area contributed by atoms with Crippen LogP contribution in [0.15, 0.2) is 66.7 Å². The third-order valence-electron chi connectivity index (χ3n) is 6.65. The van der Waals surface area contributed by atoms with Crippen LogP contribution in [0.4, 0.5) is 26.3 Å². The summed E-state index contributed by atoms with van der Waals surface area (Å²) in [6.07, 6.45) is -7.08. The Balaban J connectivity index is 0.000000470. The maximum Gasteiger partial charge on any atom is 0.490 e.